The van der Waals surface area contributed by atoms with E-state index in [4.69, 9.17) is 11.6 Å². The summed E-state index contributed by atoms with van der Waals surface area (Å²) in [7, 11) is 2.14. The molecule has 2 aromatic carbocycles. The Morgan fingerprint density at radius 2 is 1.68 bits per heavy atom. The van der Waals surface area contributed by atoms with Crippen LogP contribution in [0.3, 0.4) is 0 Å². The van der Waals surface area contributed by atoms with E-state index in [-0.39, 0.29) is 11.9 Å². The molecule has 4 nitrogen and oxygen atoms in total. The SMILES string of the molecule is CN1CCN(C(CNC(=O)c2ccccc2)c2ccc(Cl)cc2)CC1. The molecule has 1 atom stereocenters. The van der Waals surface area contributed by atoms with Gasteiger partial charge < -0.3 is 10.2 Å². The van der Waals surface area contributed by atoms with Gasteiger partial charge in [-0.15, -0.1) is 0 Å². The van der Waals surface area contributed by atoms with E-state index in [2.05, 4.69) is 34.3 Å². The van der Waals surface area contributed by atoms with Crippen molar-refractivity contribution < 1.29 is 4.79 Å². The van der Waals surface area contributed by atoms with Gasteiger partial charge in [-0.1, -0.05) is 41.9 Å². The molecule has 1 fully saturated rings. The van der Waals surface area contributed by atoms with Crippen LogP contribution in [-0.2, 0) is 0 Å². The number of nitrogens with zero attached hydrogens (tertiary/aromatic N) is 2. The highest BCUT2D eigenvalue weighted by Gasteiger charge is 2.24. The second-order valence-electron chi connectivity index (χ2n) is 6.48. The molecule has 3 rings (SSSR count). The maximum atomic E-state index is 12.4. The Hall–Kier alpha value is -1.88. The fourth-order valence-corrected chi connectivity index (χ4v) is 3.28. The van der Waals surface area contributed by atoms with Gasteiger partial charge in [0.1, 0.15) is 0 Å². The summed E-state index contributed by atoms with van der Waals surface area (Å²) in [6, 6.07) is 17.4. The van der Waals surface area contributed by atoms with E-state index >= 15 is 0 Å². The lowest BCUT2D eigenvalue weighted by Gasteiger charge is -2.38. The molecule has 132 valence electrons. The van der Waals surface area contributed by atoms with Gasteiger partial charge in [0.25, 0.3) is 5.91 Å². The second-order valence-corrected chi connectivity index (χ2v) is 6.92. The molecule has 1 saturated heterocycles. The van der Waals surface area contributed by atoms with Crippen LogP contribution in [0.25, 0.3) is 0 Å². The van der Waals surface area contributed by atoms with Gasteiger partial charge >= 0.3 is 0 Å². The number of carbonyl (C=O) groups excluding carboxylic acids is 1. The molecule has 1 N–H and O–H groups in total. The average molecular weight is 358 g/mol. The smallest absolute Gasteiger partial charge is 0.251 e. The Bertz CT molecular complexity index is 682. The van der Waals surface area contributed by atoms with E-state index in [1.54, 1.807) is 0 Å². The van der Waals surface area contributed by atoms with Gasteiger partial charge in [0.05, 0.1) is 6.04 Å². The van der Waals surface area contributed by atoms with E-state index in [0.717, 1.165) is 31.2 Å². The molecule has 5 heteroatoms. The van der Waals surface area contributed by atoms with Crippen molar-refractivity contribution in [3.8, 4) is 0 Å². The van der Waals surface area contributed by atoms with Crippen molar-refractivity contribution in [1.29, 1.82) is 0 Å². The third-order valence-electron chi connectivity index (χ3n) is 4.73. The van der Waals surface area contributed by atoms with Crippen LogP contribution in [0.4, 0.5) is 0 Å². The number of amides is 1. The fraction of sp³-hybridized carbons (Fsp3) is 0.350. The van der Waals surface area contributed by atoms with Crippen LogP contribution < -0.4 is 5.32 Å². The van der Waals surface area contributed by atoms with E-state index in [1.165, 1.54) is 5.56 Å². The van der Waals surface area contributed by atoms with Crippen molar-refractivity contribution in [2.45, 2.75) is 6.04 Å². The van der Waals surface area contributed by atoms with Crippen molar-refractivity contribution >= 4 is 17.5 Å². The van der Waals surface area contributed by atoms with Gasteiger partial charge in [0.15, 0.2) is 0 Å². The van der Waals surface area contributed by atoms with Gasteiger partial charge in [-0.3, -0.25) is 9.69 Å². The molecule has 1 aliphatic heterocycles. The summed E-state index contributed by atoms with van der Waals surface area (Å²) >= 11 is 6.04. The first-order valence-electron chi connectivity index (χ1n) is 8.65. The molecular formula is C20H24ClN3O. The molecule has 1 unspecified atom stereocenters. The average Bonchev–Trinajstić information content (AvgIpc) is 2.65. The molecule has 0 saturated carbocycles. The van der Waals surface area contributed by atoms with Gasteiger partial charge in [0, 0.05) is 43.3 Å². The maximum Gasteiger partial charge on any atom is 0.251 e. The standard InChI is InChI=1S/C20H24ClN3O/c1-23-11-13-24(14-12-23)19(16-7-9-18(21)10-8-16)15-22-20(25)17-5-3-2-4-6-17/h2-10,19H,11-15H2,1H3,(H,22,25). The Morgan fingerprint density at radius 1 is 1.04 bits per heavy atom. The molecule has 0 spiro atoms. The highest BCUT2D eigenvalue weighted by molar-refractivity contribution is 6.30. The van der Waals surface area contributed by atoms with Crippen LogP contribution in [-0.4, -0.2) is 55.5 Å². The van der Waals surface area contributed by atoms with E-state index in [1.807, 2.05) is 42.5 Å². The number of rotatable bonds is 5. The van der Waals surface area contributed by atoms with Gasteiger partial charge in [-0.05, 0) is 36.9 Å². The van der Waals surface area contributed by atoms with Crippen molar-refractivity contribution in [2.24, 2.45) is 0 Å². The quantitative estimate of drug-likeness (QED) is 0.893. The summed E-state index contributed by atoms with van der Waals surface area (Å²) in [6.45, 7) is 4.64. The molecule has 0 bridgehead atoms. The van der Waals surface area contributed by atoms with Crippen molar-refractivity contribution in [2.75, 3.05) is 39.8 Å². The molecule has 25 heavy (non-hydrogen) atoms. The summed E-state index contributed by atoms with van der Waals surface area (Å²) in [5, 5.41) is 3.82. The minimum absolute atomic E-state index is 0.0336. The predicted molar refractivity (Wildman–Crippen MR) is 102 cm³/mol. The minimum atomic E-state index is -0.0336. The third kappa shape index (κ3) is 4.82. The maximum absolute atomic E-state index is 12.4. The summed E-state index contributed by atoms with van der Waals surface area (Å²) in [4.78, 5) is 17.2. The molecule has 1 amide bonds. The second kappa shape index (κ2) is 8.48. The third-order valence-corrected chi connectivity index (χ3v) is 4.98. The highest BCUT2D eigenvalue weighted by Crippen LogP contribution is 2.23. The van der Waals surface area contributed by atoms with Crippen LogP contribution in [0.5, 0.6) is 0 Å². The predicted octanol–water partition coefficient (Wildman–Crippen LogP) is 3.06. The first-order valence-corrected chi connectivity index (χ1v) is 9.02. The zero-order chi connectivity index (χ0) is 17.6. The number of likely N-dealkylation sites (N-methyl/N-ethyl adjacent to an activating group) is 1. The van der Waals surface area contributed by atoms with Crippen molar-refractivity contribution in [3.05, 3.63) is 70.7 Å². The summed E-state index contributed by atoms with van der Waals surface area (Å²) < 4.78 is 0. The zero-order valence-electron chi connectivity index (χ0n) is 14.5. The molecule has 2 aromatic rings. The topological polar surface area (TPSA) is 35.6 Å². The Labute approximate surface area is 154 Å². The van der Waals surface area contributed by atoms with E-state index in [9.17, 15) is 4.79 Å². The van der Waals surface area contributed by atoms with Crippen LogP contribution >= 0.6 is 11.6 Å². The fourth-order valence-electron chi connectivity index (χ4n) is 3.16. The Kier molecular flexibility index (Phi) is 6.08. The van der Waals surface area contributed by atoms with E-state index in [0.29, 0.717) is 12.1 Å². The van der Waals surface area contributed by atoms with E-state index < -0.39 is 0 Å². The Balaban J connectivity index is 1.72. The molecule has 1 aliphatic rings. The first kappa shape index (κ1) is 17.9. The minimum Gasteiger partial charge on any atom is -0.350 e. The molecule has 1 heterocycles. The monoisotopic (exact) mass is 357 g/mol. The number of benzene rings is 2. The van der Waals surface area contributed by atoms with Crippen LogP contribution in [0.1, 0.15) is 22.0 Å². The normalized spacial score (nSPS) is 17.2. The molecule has 0 aliphatic carbocycles. The van der Waals surface area contributed by atoms with Crippen LogP contribution in [0.2, 0.25) is 5.02 Å². The molecule has 0 radical (unpaired) electrons. The number of nitrogens with one attached hydrogen (secondary N) is 1. The van der Waals surface area contributed by atoms with Crippen molar-refractivity contribution in [1.82, 2.24) is 15.1 Å². The number of carbonyl (C=O) groups is 1. The first-order chi connectivity index (χ1) is 12.1. The summed E-state index contributed by atoms with van der Waals surface area (Å²) in [5.41, 5.74) is 1.87. The van der Waals surface area contributed by atoms with Gasteiger partial charge in [0.2, 0.25) is 0 Å². The number of hydrogen-bond acceptors (Lipinski definition) is 3. The number of halogens is 1. The van der Waals surface area contributed by atoms with Crippen LogP contribution in [0, 0.1) is 0 Å². The summed E-state index contributed by atoms with van der Waals surface area (Å²) in [6.07, 6.45) is 0. The van der Waals surface area contributed by atoms with Gasteiger partial charge in [-0.25, -0.2) is 0 Å². The zero-order valence-corrected chi connectivity index (χ0v) is 15.2. The summed E-state index contributed by atoms with van der Waals surface area (Å²) in [5.74, 6) is -0.0336. The van der Waals surface area contributed by atoms with Crippen LogP contribution in [0.15, 0.2) is 54.6 Å². The lowest BCUT2D eigenvalue weighted by molar-refractivity contribution is 0.0886. The largest absolute Gasteiger partial charge is 0.350 e. The lowest BCUT2D eigenvalue weighted by Crippen LogP contribution is -2.48. The van der Waals surface area contributed by atoms with Gasteiger partial charge in [-0.2, -0.15) is 0 Å². The number of hydrogen-bond donors (Lipinski definition) is 1. The lowest BCUT2D eigenvalue weighted by atomic mass is 10.0. The number of piperazine rings is 1. The molecule has 0 aromatic heterocycles. The Morgan fingerprint density at radius 3 is 2.32 bits per heavy atom. The molecular weight excluding hydrogens is 334 g/mol. The van der Waals surface area contributed by atoms with Crippen molar-refractivity contribution in [3.63, 3.8) is 0 Å². The highest BCUT2D eigenvalue weighted by atomic mass is 35.5.